The van der Waals surface area contributed by atoms with E-state index in [1.165, 1.54) is 23.5 Å². The molecule has 4 N–H and O–H groups in total. The lowest BCUT2D eigenvalue weighted by atomic mass is 10.3. The Morgan fingerprint density at radius 2 is 2.08 bits per heavy atom. The highest BCUT2D eigenvalue weighted by molar-refractivity contribution is 7.15. The van der Waals surface area contributed by atoms with Crippen molar-refractivity contribution < 1.29 is 15.0 Å². The largest absolute Gasteiger partial charge is 0.385 e. The normalized spacial score (nSPS) is 10.4. The van der Waals surface area contributed by atoms with Crippen LogP contribution < -0.4 is 16.0 Å². The summed E-state index contributed by atoms with van der Waals surface area (Å²) in [6.45, 7) is 3.85. The number of hydrogen-bond donors (Lipinski definition) is 3. The van der Waals surface area contributed by atoms with Crippen LogP contribution in [0.5, 0.6) is 0 Å². The molecule has 0 aliphatic carbocycles. The zero-order chi connectivity index (χ0) is 18.1. The summed E-state index contributed by atoms with van der Waals surface area (Å²) in [5, 5.41) is 27.7. The minimum absolute atomic E-state index is 0.0754. The van der Waals surface area contributed by atoms with Crippen molar-refractivity contribution in [1.29, 1.82) is 0 Å². The van der Waals surface area contributed by atoms with Crippen LogP contribution in [-0.4, -0.2) is 40.7 Å². The number of nitro benzene ring substituents is 1. The molecule has 10 heteroatoms. The van der Waals surface area contributed by atoms with Crippen molar-refractivity contribution in [3.05, 3.63) is 39.4 Å². The van der Waals surface area contributed by atoms with E-state index in [1.807, 2.05) is 12.2 Å². The molecule has 2 rings (SSSR count). The van der Waals surface area contributed by atoms with Crippen LogP contribution in [0.15, 0.2) is 24.3 Å². The van der Waals surface area contributed by atoms with Gasteiger partial charge in [-0.15, -0.1) is 10.2 Å². The molecule has 0 aliphatic rings. The fourth-order valence-corrected chi connectivity index (χ4v) is 2.73. The van der Waals surface area contributed by atoms with E-state index in [0.717, 1.165) is 36.6 Å². The first-order valence-corrected chi connectivity index (χ1v) is 8.82. The maximum absolute atomic E-state index is 11.8. The SMILES string of the molecule is CCc1nnc(NC(=O)C[NH2+]CCCNc2ccc([N+](=O)[O-])cc2)s1. The van der Waals surface area contributed by atoms with Gasteiger partial charge >= 0.3 is 0 Å². The van der Waals surface area contributed by atoms with Crippen LogP contribution in [0.25, 0.3) is 0 Å². The molecule has 0 saturated carbocycles. The average Bonchev–Trinajstić information content (AvgIpc) is 3.06. The number of nitrogens with one attached hydrogen (secondary N) is 2. The first kappa shape index (κ1) is 18.7. The number of nitrogens with two attached hydrogens (primary N) is 1. The van der Waals surface area contributed by atoms with Gasteiger partial charge in [0.05, 0.1) is 11.5 Å². The van der Waals surface area contributed by atoms with Crippen LogP contribution in [-0.2, 0) is 11.2 Å². The zero-order valence-electron chi connectivity index (χ0n) is 13.9. The molecule has 0 saturated heterocycles. The van der Waals surface area contributed by atoms with E-state index in [1.54, 1.807) is 12.1 Å². The van der Waals surface area contributed by atoms with Crippen molar-refractivity contribution in [1.82, 2.24) is 10.2 Å². The summed E-state index contributed by atoms with van der Waals surface area (Å²) >= 11 is 1.39. The van der Waals surface area contributed by atoms with Crippen LogP contribution in [0.4, 0.5) is 16.5 Å². The predicted octanol–water partition coefficient (Wildman–Crippen LogP) is 1.01. The summed E-state index contributed by atoms with van der Waals surface area (Å²) in [6.07, 6.45) is 1.67. The quantitative estimate of drug-likeness (QED) is 0.328. The number of benzene rings is 1. The molecule has 1 aromatic heterocycles. The average molecular weight is 365 g/mol. The highest BCUT2D eigenvalue weighted by atomic mass is 32.1. The van der Waals surface area contributed by atoms with Gasteiger partial charge in [-0.3, -0.25) is 20.2 Å². The number of quaternary nitrogens is 1. The van der Waals surface area contributed by atoms with Gasteiger partial charge in [0.25, 0.3) is 11.6 Å². The van der Waals surface area contributed by atoms with E-state index < -0.39 is 4.92 Å². The van der Waals surface area contributed by atoms with Crippen LogP contribution >= 0.6 is 11.3 Å². The lowest BCUT2D eigenvalue weighted by molar-refractivity contribution is -0.643. The number of carbonyl (C=O) groups is 1. The Balaban J connectivity index is 1.56. The summed E-state index contributed by atoms with van der Waals surface area (Å²) in [5.74, 6) is -0.0952. The number of nitrogens with zero attached hydrogens (tertiary/aromatic N) is 3. The summed E-state index contributed by atoms with van der Waals surface area (Å²) in [4.78, 5) is 21.9. The molecule has 0 fully saturated rings. The number of carbonyl (C=O) groups excluding carboxylic acids is 1. The third-order valence-electron chi connectivity index (χ3n) is 3.34. The van der Waals surface area contributed by atoms with Crippen molar-refractivity contribution in [2.45, 2.75) is 19.8 Å². The maximum Gasteiger partial charge on any atom is 0.281 e. The Hall–Kier alpha value is -2.59. The molecule has 1 amide bonds. The maximum atomic E-state index is 11.8. The number of amides is 1. The molecule has 1 aromatic carbocycles. The standard InChI is InChI=1S/C15H20N6O3S/c1-2-14-19-20-15(25-14)18-13(22)10-16-8-3-9-17-11-4-6-12(7-5-11)21(23)24/h4-7,16-17H,2-3,8-10H2,1H3,(H,18,20,22)/p+1. The lowest BCUT2D eigenvalue weighted by Gasteiger charge is -2.05. The number of anilines is 2. The topological polar surface area (TPSA) is 127 Å². The molecule has 2 aromatic rings. The Bertz CT molecular complexity index is 704. The van der Waals surface area contributed by atoms with Gasteiger partial charge in [0, 0.05) is 30.8 Å². The first-order valence-electron chi connectivity index (χ1n) is 8.00. The van der Waals surface area contributed by atoms with Crippen molar-refractivity contribution in [2.75, 3.05) is 30.3 Å². The van der Waals surface area contributed by atoms with Gasteiger partial charge in [-0.05, 0) is 18.6 Å². The van der Waals surface area contributed by atoms with E-state index in [4.69, 9.17) is 0 Å². The minimum Gasteiger partial charge on any atom is -0.385 e. The number of aromatic nitrogens is 2. The number of aryl methyl sites for hydroxylation is 1. The van der Waals surface area contributed by atoms with E-state index in [9.17, 15) is 14.9 Å². The van der Waals surface area contributed by atoms with E-state index in [-0.39, 0.29) is 11.6 Å². The van der Waals surface area contributed by atoms with Gasteiger partial charge in [0.1, 0.15) is 5.01 Å². The smallest absolute Gasteiger partial charge is 0.281 e. The summed E-state index contributed by atoms with van der Waals surface area (Å²) in [6, 6.07) is 6.30. The molecule has 0 radical (unpaired) electrons. The van der Waals surface area contributed by atoms with Gasteiger partial charge < -0.3 is 10.6 Å². The lowest BCUT2D eigenvalue weighted by Crippen LogP contribution is -2.86. The molecule has 1 heterocycles. The van der Waals surface area contributed by atoms with Crippen LogP contribution in [0.2, 0.25) is 0 Å². The Morgan fingerprint density at radius 1 is 1.32 bits per heavy atom. The van der Waals surface area contributed by atoms with Gasteiger partial charge in [0.15, 0.2) is 6.54 Å². The van der Waals surface area contributed by atoms with Crippen molar-refractivity contribution >= 4 is 33.8 Å². The number of hydrogen-bond acceptors (Lipinski definition) is 7. The molecule has 0 spiro atoms. The van der Waals surface area contributed by atoms with Gasteiger partial charge in [-0.1, -0.05) is 18.3 Å². The molecule has 134 valence electrons. The third kappa shape index (κ3) is 6.43. The predicted molar refractivity (Wildman–Crippen MR) is 95.8 cm³/mol. The van der Waals surface area contributed by atoms with E-state index in [0.29, 0.717) is 11.7 Å². The van der Waals surface area contributed by atoms with E-state index >= 15 is 0 Å². The van der Waals surface area contributed by atoms with Gasteiger partial charge in [-0.2, -0.15) is 0 Å². The highest BCUT2D eigenvalue weighted by Gasteiger charge is 2.08. The Kier molecular flexibility index (Phi) is 7.23. The van der Waals surface area contributed by atoms with Crippen molar-refractivity contribution in [3.8, 4) is 0 Å². The zero-order valence-corrected chi connectivity index (χ0v) is 14.7. The highest BCUT2D eigenvalue weighted by Crippen LogP contribution is 2.15. The summed E-state index contributed by atoms with van der Waals surface area (Å²) < 4.78 is 0. The molecule has 0 atom stereocenters. The Morgan fingerprint density at radius 3 is 2.72 bits per heavy atom. The molecular weight excluding hydrogens is 344 g/mol. The molecule has 25 heavy (non-hydrogen) atoms. The molecule has 0 unspecified atom stereocenters. The van der Waals surface area contributed by atoms with Gasteiger partial charge in [-0.25, -0.2) is 0 Å². The minimum atomic E-state index is -0.422. The third-order valence-corrected chi connectivity index (χ3v) is 4.32. The van der Waals surface area contributed by atoms with Crippen LogP contribution in [0.1, 0.15) is 18.4 Å². The second-order valence-electron chi connectivity index (χ2n) is 5.27. The van der Waals surface area contributed by atoms with E-state index in [2.05, 4.69) is 20.8 Å². The fraction of sp³-hybridized carbons (Fsp3) is 0.400. The molecule has 0 aliphatic heterocycles. The number of rotatable bonds is 10. The van der Waals surface area contributed by atoms with Crippen molar-refractivity contribution in [2.24, 2.45) is 0 Å². The number of non-ortho nitro benzene ring substituents is 1. The first-order chi connectivity index (χ1) is 12.1. The monoisotopic (exact) mass is 365 g/mol. The Labute approximate surface area is 149 Å². The van der Waals surface area contributed by atoms with Gasteiger partial charge in [0.2, 0.25) is 5.13 Å². The fourth-order valence-electron chi connectivity index (χ4n) is 2.03. The van der Waals surface area contributed by atoms with Crippen LogP contribution in [0, 0.1) is 10.1 Å². The second-order valence-corrected chi connectivity index (χ2v) is 6.33. The second kappa shape index (κ2) is 9.64. The van der Waals surface area contributed by atoms with Crippen molar-refractivity contribution in [3.63, 3.8) is 0 Å². The molecule has 0 bridgehead atoms. The number of nitro groups is 1. The summed E-state index contributed by atoms with van der Waals surface area (Å²) in [5.41, 5.74) is 0.915. The summed E-state index contributed by atoms with van der Waals surface area (Å²) in [7, 11) is 0. The van der Waals surface area contributed by atoms with Crippen LogP contribution in [0.3, 0.4) is 0 Å². The molecule has 9 nitrogen and oxygen atoms in total. The molecular formula is C15H21N6O3S+.